The summed E-state index contributed by atoms with van der Waals surface area (Å²) in [7, 11) is 0. The van der Waals surface area contributed by atoms with E-state index in [9.17, 15) is 4.79 Å². The van der Waals surface area contributed by atoms with Gasteiger partial charge < -0.3 is 20.5 Å². The summed E-state index contributed by atoms with van der Waals surface area (Å²) in [5, 5.41) is 8.69. The number of benzene rings is 1. The predicted molar refractivity (Wildman–Crippen MR) is 85.8 cm³/mol. The third-order valence-electron chi connectivity index (χ3n) is 2.80. The van der Waals surface area contributed by atoms with Crippen LogP contribution in [-0.4, -0.2) is 48.6 Å². The van der Waals surface area contributed by atoms with Crippen LogP contribution in [0.4, 0.5) is 5.69 Å². The molecule has 0 heterocycles. The van der Waals surface area contributed by atoms with Gasteiger partial charge >= 0.3 is 5.97 Å². The molecule has 0 unspecified atom stereocenters. The van der Waals surface area contributed by atoms with Crippen molar-refractivity contribution in [3.05, 3.63) is 24.3 Å². The maximum atomic E-state index is 10.6. The average molecular weight is 335 g/mol. The number of aliphatic carboxylic acids is 1. The summed E-state index contributed by atoms with van der Waals surface area (Å²) in [5.74, 6) is 0.659. The molecule has 7 heteroatoms. The van der Waals surface area contributed by atoms with Crippen LogP contribution < -0.4 is 15.4 Å². The van der Waals surface area contributed by atoms with E-state index in [4.69, 9.17) is 38.8 Å². The zero-order valence-electron chi connectivity index (χ0n) is 11.7. The number of rotatable bonds is 10. The van der Waals surface area contributed by atoms with Gasteiger partial charge in [0.15, 0.2) is 0 Å². The second-order valence-electron chi connectivity index (χ2n) is 4.50. The van der Waals surface area contributed by atoms with E-state index < -0.39 is 12.0 Å². The first-order valence-electron chi connectivity index (χ1n) is 6.64. The Bertz CT molecular complexity index is 440. The van der Waals surface area contributed by atoms with Crippen LogP contribution in [0.3, 0.4) is 0 Å². The Balaban J connectivity index is 2.75. The molecule has 0 spiro atoms. The monoisotopic (exact) mass is 334 g/mol. The molecule has 1 aromatic carbocycles. The maximum Gasteiger partial charge on any atom is 0.305 e. The van der Waals surface area contributed by atoms with Crippen molar-refractivity contribution in [1.82, 2.24) is 0 Å². The van der Waals surface area contributed by atoms with Crippen molar-refractivity contribution in [3.8, 4) is 5.75 Å². The molecule has 118 valence electrons. The molecule has 0 saturated carbocycles. The molecule has 1 rings (SSSR count). The van der Waals surface area contributed by atoms with Gasteiger partial charge in [0.2, 0.25) is 0 Å². The quantitative estimate of drug-likeness (QED) is 0.641. The minimum Gasteiger partial charge on any atom is -0.490 e. The van der Waals surface area contributed by atoms with Gasteiger partial charge in [-0.25, -0.2) is 0 Å². The zero-order chi connectivity index (χ0) is 15.7. The van der Waals surface area contributed by atoms with Gasteiger partial charge in [-0.1, -0.05) is 12.1 Å². The summed E-state index contributed by atoms with van der Waals surface area (Å²) in [6.45, 7) is 1.44. The molecular weight excluding hydrogens is 315 g/mol. The summed E-state index contributed by atoms with van der Waals surface area (Å²) >= 11 is 11.6. The van der Waals surface area contributed by atoms with Crippen LogP contribution in [0, 0.1) is 0 Å². The van der Waals surface area contributed by atoms with Crippen molar-refractivity contribution < 1.29 is 14.6 Å². The Labute approximate surface area is 134 Å². The third-order valence-corrected chi connectivity index (χ3v) is 3.14. The van der Waals surface area contributed by atoms with Gasteiger partial charge in [-0.05, 0) is 12.1 Å². The van der Waals surface area contributed by atoms with Gasteiger partial charge in [0.05, 0.1) is 12.1 Å². The molecule has 0 saturated heterocycles. The van der Waals surface area contributed by atoms with Crippen molar-refractivity contribution in [3.63, 3.8) is 0 Å². The van der Waals surface area contributed by atoms with Crippen molar-refractivity contribution in [2.75, 3.05) is 36.4 Å². The first-order valence-corrected chi connectivity index (χ1v) is 7.71. The largest absolute Gasteiger partial charge is 0.490 e. The summed E-state index contributed by atoms with van der Waals surface area (Å²) in [6, 6.07) is 6.93. The van der Waals surface area contributed by atoms with Gasteiger partial charge in [-0.2, -0.15) is 0 Å². The molecular formula is C14H20Cl2N2O3. The lowest BCUT2D eigenvalue weighted by Gasteiger charge is -2.25. The normalized spacial score (nSPS) is 12.0. The molecule has 0 bridgehead atoms. The molecule has 0 aromatic heterocycles. The van der Waals surface area contributed by atoms with E-state index in [1.165, 1.54) is 0 Å². The number of ether oxygens (including phenoxy) is 1. The Kier molecular flexibility index (Phi) is 8.27. The molecule has 5 nitrogen and oxygen atoms in total. The molecule has 0 aliphatic heterocycles. The van der Waals surface area contributed by atoms with Crippen LogP contribution in [0.15, 0.2) is 24.3 Å². The predicted octanol–water partition coefficient (Wildman–Crippen LogP) is 2.15. The van der Waals surface area contributed by atoms with Crippen molar-refractivity contribution >= 4 is 34.9 Å². The Morgan fingerprint density at radius 2 is 1.90 bits per heavy atom. The SMILES string of the molecule is N[C@@H](COc1ccccc1N(CCCl)CCCl)CC(=O)O. The minimum absolute atomic E-state index is 0.130. The third kappa shape index (κ3) is 6.42. The lowest BCUT2D eigenvalue weighted by Crippen LogP contribution is -2.31. The summed E-state index contributed by atoms with van der Waals surface area (Å²) in [6.07, 6.45) is -0.130. The number of alkyl halides is 2. The van der Waals surface area contributed by atoms with Gasteiger partial charge in [-0.15, -0.1) is 23.2 Å². The van der Waals surface area contributed by atoms with Gasteiger partial charge in [0, 0.05) is 30.9 Å². The van der Waals surface area contributed by atoms with Crippen LogP contribution in [0.5, 0.6) is 5.75 Å². The lowest BCUT2D eigenvalue weighted by atomic mass is 10.2. The van der Waals surface area contributed by atoms with E-state index in [1.54, 1.807) is 0 Å². The second-order valence-corrected chi connectivity index (χ2v) is 5.26. The summed E-state index contributed by atoms with van der Waals surface area (Å²) in [4.78, 5) is 12.6. The van der Waals surface area contributed by atoms with Crippen LogP contribution in [0.25, 0.3) is 0 Å². The first kappa shape index (κ1) is 17.9. The molecule has 0 aliphatic carbocycles. The first-order chi connectivity index (χ1) is 10.1. The standard InChI is InChI=1S/C14H20Cl2N2O3/c15-5-7-18(8-6-16)12-3-1-2-4-13(12)21-10-11(17)9-14(19)20/h1-4,11H,5-10,17H2,(H,19,20)/t11-/m1/s1. The molecule has 0 amide bonds. The van der Waals surface area contributed by atoms with Crippen molar-refractivity contribution in [2.24, 2.45) is 5.73 Å². The Morgan fingerprint density at radius 1 is 1.29 bits per heavy atom. The van der Waals surface area contributed by atoms with Crippen LogP contribution >= 0.6 is 23.2 Å². The molecule has 3 N–H and O–H groups in total. The molecule has 0 radical (unpaired) electrons. The summed E-state index contributed by atoms with van der Waals surface area (Å²) < 4.78 is 5.66. The van der Waals surface area contributed by atoms with Crippen LogP contribution in [0.1, 0.15) is 6.42 Å². The smallest absolute Gasteiger partial charge is 0.305 e. The number of hydrogen-bond donors (Lipinski definition) is 2. The topological polar surface area (TPSA) is 75.8 Å². The fourth-order valence-corrected chi connectivity index (χ4v) is 2.29. The van der Waals surface area contributed by atoms with Crippen molar-refractivity contribution in [2.45, 2.75) is 12.5 Å². The Morgan fingerprint density at radius 3 is 2.48 bits per heavy atom. The van der Waals surface area contributed by atoms with E-state index >= 15 is 0 Å². The Hall–Kier alpha value is -1.17. The van der Waals surface area contributed by atoms with E-state index in [2.05, 4.69) is 0 Å². The number of carboxylic acid groups (broad SMARTS) is 1. The highest BCUT2D eigenvalue weighted by Gasteiger charge is 2.13. The van der Waals surface area contributed by atoms with E-state index in [0.717, 1.165) is 5.69 Å². The minimum atomic E-state index is -0.940. The van der Waals surface area contributed by atoms with Gasteiger partial charge in [0.1, 0.15) is 12.4 Å². The molecule has 21 heavy (non-hydrogen) atoms. The number of para-hydroxylation sites is 2. The highest BCUT2D eigenvalue weighted by Crippen LogP contribution is 2.28. The molecule has 0 fully saturated rings. The van der Waals surface area contributed by atoms with Crippen molar-refractivity contribution in [1.29, 1.82) is 0 Å². The molecule has 1 aromatic rings. The second kappa shape index (κ2) is 9.71. The zero-order valence-corrected chi connectivity index (χ0v) is 13.2. The fraction of sp³-hybridized carbons (Fsp3) is 0.500. The fourth-order valence-electron chi connectivity index (χ4n) is 1.88. The van der Waals surface area contributed by atoms with E-state index in [-0.39, 0.29) is 13.0 Å². The van der Waals surface area contributed by atoms with Gasteiger partial charge in [0.25, 0.3) is 0 Å². The number of carboxylic acids is 1. The highest BCUT2D eigenvalue weighted by atomic mass is 35.5. The van der Waals surface area contributed by atoms with Crippen LogP contribution in [0.2, 0.25) is 0 Å². The molecule has 1 atom stereocenters. The maximum absolute atomic E-state index is 10.6. The number of hydrogen-bond acceptors (Lipinski definition) is 4. The van der Waals surface area contributed by atoms with E-state index in [0.29, 0.717) is 30.6 Å². The highest BCUT2D eigenvalue weighted by molar-refractivity contribution is 6.18. The number of nitrogens with two attached hydrogens (primary N) is 1. The average Bonchev–Trinajstić information content (AvgIpc) is 2.44. The number of anilines is 1. The molecule has 0 aliphatic rings. The van der Waals surface area contributed by atoms with Gasteiger partial charge in [-0.3, -0.25) is 4.79 Å². The summed E-state index contributed by atoms with van der Waals surface area (Å²) in [5.41, 5.74) is 6.58. The number of carbonyl (C=O) groups is 1. The number of nitrogens with zero attached hydrogens (tertiary/aromatic N) is 1. The lowest BCUT2D eigenvalue weighted by molar-refractivity contribution is -0.137. The number of halogens is 2. The van der Waals surface area contributed by atoms with E-state index in [1.807, 2.05) is 29.2 Å². The van der Waals surface area contributed by atoms with Crippen LogP contribution in [-0.2, 0) is 4.79 Å².